The number of nitrogens with zero attached hydrogens (tertiary/aromatic N) is 1. The third kappa shape index (κ3) is 3.85. The Balaban J connectivity index is 1.77. The van der Waals surface area contributed by atoms with Gasteiger partial charge in [-0.3, -0.25) is 14.7 Å². The summed E-state index contributed by atoms with van der Waals surface area (Å²) in [4.78, 5) is 24.3. The zero-order valence-corrected chi connectivity index (χ0v) is 14.0. The van der Waals surface area contributed by atoms with Gasteiger partial charge in [0.1, 0.15) is 12.4 Å². The Kier molecular flexibility index (Phi) is 4.52. The highest BCUT2D eigenvalue weighted by atomic mass is 19.1. The van der Waals surface area contributed by atoms with Gasteiger partial charge in [-0.25, -0.2) is 9.07 Å². The van der Waals surface area contributed by atoms with E-state index in [1.807, 2.05) is 32.0 Å². The fourth-order valence-corrected chi connectivity index (χ4v) is 2.53. The van der Waals surface area contributed by atoms with E-state index in [9.17, 15) is 14.0 Å². The first-order valence-corrected chi connectivity index (χ1v) is 7.85. The number of H-pyrrole nitrogens is 1. The van der Waals surface area contributed by atoms with Crippen LogP contribution in [0.3, 0.4) is 0 Å². The average molecular weight is 339 g/mol. The van der Waals surface area contributed by atoms with Crippen LogP contribution >= 0.6 is 0 Å². The van der Waals surface area contributed by atoms with Crippen LogP contribution in [0.4, 0.5) is 10.1 Å². The summed E-state index contributed by atoms with van der Waals surface area (Å²) >= 11 is 0. The van der Waals surface area contributed by atoms with Gasteiger partial charge in [0.25, 0.3) is 5.56 Å². The van der Waals surface area contributed by atoms with Crippen molar-refractivity contribution in [2.45, 2.75) is 20.4 Å². The van der Waals surface area contributed by atoms with E-state index in [0.29, 0.717) is 11.3 Å². The van der Waals surface area contributed by atoms with Crippen molar-refractivity contribution in [1.82, 2.24) is 9.78 Å². The molecule has 0 atom stereocenters. The lowest BCUT2D eigenvalue weighted by Crippen LogP contribution is -2.26. The fraction of sp³-hybridized carbons (Fsp3) is 0.158. The summed E-state index contributed by atoms with van der Waals surface area (Å²) in [5.41, 5.74) is 3.59. The molecule has 3 aromatic rings. The number of nitrogens with one attached hydrogen (secondary N) is 2. The van der Waals surface area contributed by atoms with E-state index in [0.717, 1.165) is 16.8 Å². The van der Waals surface area contributed by atoms with Crippen LogP contribution in [-0.2, 0) is 11.3 Å². The van der Waals surface area contributed by atoms with Crippen LogP contribution in [0.5, 0.6) is 0 Å². The molecular formula is C19H18FN3O2. The maximum Gasteiger partial charge on any atom is 0.267 e. The van der Waals surface area contributed by atoms with E-state index in [4.69, 9.17) is 0 Å². The molecule has 25 heavy (non-hydrogen) atoms. The second kappa shape index (κ2) is 6.76. The highest BCUT2D eigenvalue weighted by molar-refractivity contribution is 5.91. The van der Waals surface area contributed by atoms with Crippen molar-refractivity contribution in [3.05, 3.63) is 75.8 Å². The van der Waals surface area contributed by atoms with Crippen LogP contribution in [0.2, 0.25) is 0 Å². The monoisotopic (exact) mass is 339 g/mol. The molecule has 2 aromatic carbocycles. The van der Waals surface area contributed by atoms with Gasteiger partial charge in [-0.2, -0.15) is 0 Å². The highest BCUT2D eigenvalue weighted by Gasteiger charge is 2.10. The van der Waals surface area contributed by atoms with Gasteiger partial charge in [0.15, 0.2) is 0 Å². The number of aromatic nitrogens is 2. The molecule has 3 rings (SSSR count). The van der Waals surface area contributed by atoms with Crippen LogP contribution in [-0.4, -0.2) is 15.7 Å². The second-order valence-corrected chi connectivity index (χ2v) is 5.97. The van der Waals surface area contributed by atoms with Crippen molar-refractivity contribution in [2.24, 2.45) is 0 Å². The lowest BCUT2D eigenvalue weighted by atomic mass is 10.1. The predicted octanol–water partition coefficient (Wildman–Crippen LogP) is 3.24. The molecule has 0 spiro atoms. The summed E-state index contributed by atoms with van der Waals surface area (Å²) in [5.74, 6) is -0.651. The quantitative estimate of drug-likeness (QED) is 0.766. The molecule has 1 aromatic heterocycles. The molecule has 0 aliphatic carbocycles. The number of amides is 1. The number of aromatic amines is 1. The number of rotatable bonds is 4. The molecule has 0 saturated heterocycles. The molecule has 5 nitrogen and oxygen atoms in total. The van der Waals surface area contributed by atoms with E-state index in [-0.39, 0.29) is 23.8 Å². The molecule has 0 radical (unpaired) electrons. The minimum Gasteiger partial charge on any atom is -0.324 e. The largest absolute Gasteiger partial charge is 0.324 e. The Morgan fingerprint density at radius 3 is 2.56 bits per heavy atom. The van der Waals surface area contributed by atoms with Crippen molar-refractivity contribution < 1.29 is 9.18 Å². The van der Waals surface area contributed by atoms with Gasteiger partial charge in [0.2, 0.25) is 5.91 Å². The second-order valence-electron chi connectivity index (χ2n) is 5.97. The van der Waals surface area contributed by atoms with Gasteiger partial charge < -0.3 is 5.32 Å². The molecule has 0 unspecified atom stereocenters. The minimum absolute atomic E-state index is 0.132. The Hall–Kier alpha value is -3.15. The van der Waals surface area contributed by atoms with Crippen LogP contribution in [0.15, 0.2) is 53.3 Å². The van der Waals surface area contributed by atoms with E-state index in [1.165, 1.54) is 22.9 Å². The summed E-state index contributed by atoms with van der Waals surface area (Å²) in [5, 5.41) is 5.70. The Labute approximate surface area is 144 Å². The van der Waals surface area contributed by atoms with Gasteiger partial charge in [-0.1, -0.05) is 12.1 Å². The van der Waals surface area contributed by atoms with E-state index in [1.54, 1.807) is 12.1 Å². The fourth-order valence-electron chi connectivity index (χ4n) is 2.53. The maximum absolute atomic E-state index is 13.0. The number of hydrogen-bond donors (Lipinski definition) is 2. The first-order chi connectivity index (χ1) is 11.9. The topological polar surface area (TPSA) is 66.9 Å². The van der Waals surface area contributed by atoms with Gasteiger partial charge in [-0.05, 0) is 60.9 Å². The van der Waals surface area contributed by atoms with E-state index in [2.05, 4.69) is 10.4 Å². The van der Waals surface area contributed by atoms with Crippen LogP contribution in [0.1, 0.15) is 11.1 Å². The molecule has 1 heterocycles. The Morgan fingerprint density at radius 1 is 1.12 bits per heavy atom. The lowest BCUT2D eigenvalue weighted by molar-refractivity contribution is -0.117. The molecule has 0 bridgehead atoms. The summed E-state index contributed by atoms with van der Waals surface area (Å²) in [7, 11) is 0. The molecule has 6 heteroatoms. The first kappa shape index (κ1) is 16.7. The molecule has 0 saturated carbocycles. The van der Waals surface area contributed by atoms with E-state index >= 15 is 0 Å². The number of carbonyl (C=O) groups is 1. The molecular weight excluding hydrogens is 321 g/mol. The van der Waals surface area contributed by atoms with Gasteiger partial charge >= 0.3 is 0 Å². The summed E-state index contributed by atoms with van der Waals surface area (Å²) < 4.78 is 14.2. The number of carbonyl (C=O) groups excluding carboxylic acids is 1. The molecule has 0 aliphatic heterocycles. The number of anilines is 1. The van der Waals surface area contributed by atoms with Crippen LogP contribution < -0.4 is 10.9 Å². The maximum atomic E-state index is 13.0. The smallest absolute Gasteiger partial charge is 0.267 e. The SMILES string of the molecule is Cc1ccc(C)c(NC(=O)Cn2[nH]c(-c3ccc(F)cc3)cc2=O)c1. The molecule has 0 aliphatic rings. The zero-order valence-electron chi connectivity index (χ0n) is 14.0. The molecule has 128 valence electrons. The molecule has 2 N–H and O–H groups in total. The van der Waals surface area contributed by atoms with Crippen LogP contribution in [0, 0.1) is 19.7 Å². The zero-order chi connectivity index (χ0) is 18.0. The van der Waals surface area contributed by atoms with Crippen molar-refractivity contribution >= 4 is 11.6 Å². The van der Waals surface area contributed by atoms with Gasteiger partial charge in [0.05, 0.1) is 5.69 Å². The average Bonchev–Trinajstić information content (AvgIpc) is 2.92. The van der Waals surface area contributed by atoms with Crippen LogP contribution in [0.25, 0.3) is 11.3 Å². The summed E-state index contributed by atoms with van der Waals surface area (Å²) in [6.07, 6.45) is 0. The highest BCUT2D eigenvalue weighted by Crippen LogP contribution is 2.17. The number of benzene rings is 2. The third-order valence-corrected chi connectivity index (χ3v) is 3.91. The summed E-state index contributed by atoms with van der Waals surface area (Å²) in [6.45, 7) is 3.72. The van der Waals surface area contributed by atoms with Gasteiger partial charge in [-0.15, -0.1) is 0 Å². The third-order valence-electron chi connectivity index (χ3n) is 3.91. The molecule has 0 fully saturated rings. The normalized spacial score (nSPS) is 10.7. The Morgan fingerprint density at radius 2 is 1.84 bits per heavy atom. The number of halogens is 1. The van der Waals surface area contributed by atoms with E-state index < -0.39 is 0 Å². The summed E-state index contributed by atoms with van der Waals surface area (Å²) in [6, 6.07) is 12.9. The van der Waals surface area contributed by atoms with Crippen molar-refractivity contribution in [3.63, 3.8) is 0 Å². The lowest BCUT2D eigenvalue weighted by Gasteiger charge is -2.09. The standard InChI is InChI=1S/C19H18FN3O2/c1-12-3-4-13(2)16(9-12)21-18(24)11-23-19(25)10-17(22-23)14-5-7-15(20)8-6-14/h3-10,22H,11H2,1-2H3,(H,21,24). The van der Waals surface area contributed by atoms with Gasteiger partial charge in [0, 0.05) is 11.8 Å². The number of hydrogen-bond acceptors (Lipinski definition) is 2. The van der Waals surface area contributed by atoms with Crippen molar-refractivity contribution in [2.75, 3.05) is 5.32 Å². The van der Waals surface area contributed by atoms with Crippen molar-refractivity contribution in [1.29, 1.82) is 0 Å². The minimum atomic E-state index is -0.349. The van der Waals surface area contributed by atoms with Crippen molar-refractivity contribution in [3.8, 4) is 11.3 Å². The Bertz CT molecular complexity index is 971. The number of aryl methyl sites for hydroxylation is 2. The molecule has 1 amide bonds. The predicted molar refractivity (Wildman–Crippen MR) is 95.0 cm³/mol. The first-order valence-electron chi connectivity index (χ1n) is 7.85.